The van der Waals surface area contributed by atoms with Gasteiger partial charge in [0.1, 0.15) is 0 Å². The van der Waals surface area contributed by atoms with Crippen LogP contribution in [0, 0.1) is 0 Å². The van der Waals surface area contributed by atoms with Crippen LogP contribution >= 0.6 is 0 Å². The van der Waals surface area contributed by atoms with Crippen molar-refractivity contribution >= 4 is 5.97 Å². The van der Waals surface area contributed by atoms with Crippen LogP contribution in [-0.4, -0.2) is 17.7 Å². The molecule has 0 fully saturated rings. The number of carbonyl (C=O) groups is 1. The molecule has 0 aromatic rings. The molecular formula is C7H13O3. The molecule has 59 valence electrons. The fourth-order valence-corrected chi connectivity index (χ4v) is 0.356. The molecule has 10 heavy (non-hydrogen) atoms. The van der Waals surface area contributed by atoms with Gasteiger partial charge in [-0.3, -0.25) is 0 Å². The van der Waals surface area contributed by atoms with Crippen LogP contribution in [0.4, 0.5) is 0 Å². The van der Waals surface area contributed by atoms with Crippen LogP contribution in [0.1, 0.15) is 27.7 Å². The number of hydrogen-bond acceptors (Lipinski definition) is 2. The van der Waals surface area contributed by atoms with Crippen LogP contribution < -0.4 is 0 Å². The molecule has 0 aromatic carbocycles. The van der Waals surface area contributed by atoms with Crippen LogP contribution in [0.3, 0.4) is 0 Å². The van der Waals surface area contributed by atoms with E-state index in [1.807, 2.05) is 0 Å². The van der Waals surface area contributed by atoms with E-state index >= 15 is 0 Å². The molecule has 3 heteroatoms. The molecule has 0 aromatic heterocycles. The highest BCUT2D eigenvalue weighted by atomic mass is 16.6. The van der Waals surface area contributed by atoms with Gasteiger partial charge in [0.25, 0.3) is 0 Å². The molecule has 0 aliphatic heterocycles. The summed E-state index contributed by atoms with van der Waals surface area (Å²) in [4.78, 5) is 10.7. The van der Waals surface area contributed by atoms with Gasteiger partial charge >= 0.3 is 5.97 Å². The second-order valence-electron chi connectivity index (χ2n) is 2.96. The zero-order valence-corrected chi connectivity index (χ0v) is 6.80. The van der Waals surface area contributed by atoms with E-state index in [0.29, 0.717) is 0 Å². The lowest BCUT2D eigenvalue weighted by molar-refractivity contribution is -0.172. The zero-order valence-electron chi connectivity index (χ0n) is 6.80. The average molecular weight is 145 g/mol. The zero-order chi connectivity index (χ0) is 8.36. The molecular weight excluding hydrogens is 132 g/mol. The molecule has 0 spiro atoms. The first-order chi connectivity index (χ1) is 4.34. The summed E-state index contributed by atoms with van der Waals surface area (Å²) in [5.41, 5.74) is -1.62. The van der Waals surface area contributed by atoms with E-state index in [-0.39, 0.29) is 6.10 Å². The Hall–Kier alpha value is -0.570. The Kier molecular flexibility index (Phi) is 2.84. The van der Waals surface area contributed by atoms with Gasteiger partial charge in [0.2, 0.25) is 0 Å². The van der Waals surface area contributed by atoms with Crippen molar-refractivity contribution in [3.63, 3.8) is 0 Å². The van der Waals surface area contributed by atoms with Gasteiger partial charge in [-0.25, -0.2) is 9.90 Å². The van der Waals surface area contributed by atoms with Crippen LogP contribution in [0.2, 0.25) is 0 Å². The molecule has 0 heterocycles. The highest BCUT2D eigenvalue weighted by Crippen LogP contribution is 2.06. The van der Waals surface area contributed by atoms with E-state index in [9.17, 15) is 9.90 Å². The van der Waals surface area contributed by atoms with Gasteiger partial charge in [0.05, 0.1) is 6.10 Å². The topological polar surface area (TPSA) is 46.2 Å². The molecule has 0 unspecified atom stereocenters. The van der Waals surface area contributed by atoms with Crippen molar-refractivity contribution in [1.82, 2.24) is 0 Å². The summed E-state index contributed by atoms with van der Waals surface area (Å²) in [5, 5.41) is 10.9. The van der Waals surface area contributed by atoms with E-state index in [0.717, 1.165) is 0 Å². The molecule has 1 radical (unpaired) electrons. The first-order valence-electron chi connectivity index (χ1n) is 3.25. The minimum Gasteiger partial charge on any atom is -0.461 e. The van der Waals surface area contributed by atoms with Crippen LogP contribution in [-0.2, 0) is 14.6 Å². The van der Waals surface area contributed by atoms with Crippen molar-refractivity contribution in [2.75, 3.05) is 0 Å². The van der Waals surface area contributed by atoms with Gasteiger partial charge in [-0.1, -0.05) is 0 Å². The maximum Gasteiger partial charge on any atom is 0.341 e. The second-order valence-corrected chi connectivity index (χ2v) is 2.96. The van der Waals surface area contributed by atoms with E-state index in [4.69, 9.17) is 0 Å². The van der Waals surface area contributed by atoms with Crippen LogP contribution in [0.15, 0.2) is 0 Å². The third kappa shape index (κ3) is 3.45. The fraction of sp³-hybridized carbons (Fsp3) is 0.857. The minimum atomic E-state index is -1.62. The molecule has 0 aliphatic rings. The number of ether oxygens (including phenoxy) is 1. The largest absolute Gasteiger partial charge is 0.461 e. The molecule has 0 amide bonds. The van der Waals surface area contributed by atoms with Crippen LogP contribution in [0.25, 0.3) is 0 Å². The summed E-state index contributed by atoms with van der Waals surface area (Å²) in [7, 11) is 0. The summed E-state index contributed by atoms with van der Waals surface area (Å²) in [6.07, 6.45) is -0.208. The summed E-state index contributed by atoms with van der Waals surface area (Å²) in [6.45, 7) is 6.00. The van der Waals surface area contributed by atoms with Crippen molar-refractivity contribution < 1.29 is 14.6 Å². The number of hydrogen-bond donors (Lipinski definition) is 0. The van der Waals surface area contributed by atoms with Gasteiger partial charge < -0.3 is 4.74 Å². The maximum absolute atomic E-state index is 10.9. The molecule has 0 N–H and O–H groups in total. The van der Waals surface area contributed by atoms with Crippen molar-refractivity contribution in [3.05, 3.63) is 0 Å². The van der Waals surface area contributed by atoms with E-state index < -0.39 is 11.6 Å². The van der Waals surface area contributed by atoms with Crippen LogP contribution in [0.5, 0.6) is 0 Å². The lowest BCUT2D eigenvalue weighted by atomic mass is 10.1. The molecule has 3 nitrogen and oxygen atoms in total. The molecule has 0 saturated carbocycles. The first-order valence-corrected chi connectivity index (χ1v) is 3.25. The van der Waals surface area contributed by atoms with E-state index in [1.54, 1.807) is 13.8 Å². The summed E-state index contributed by atoms with van der Waals surface area (Å²) in [5.74, 6) is -0.692. The van der Waals surface area contributed by atoms with Gasteiger partial charge in [-0.05, 0) is 27.7 Å². The quantitative estimate of drug-likeness (QED) is 0.547. The number of rotatable bonds is 2. The predicted molar refractivity (Wildman–Crippen MR) is 36.0 cm³/mol. The molecule has 0 saturated heterocycles. The molecule has 0 bridgehead atoms. The standard InChI is InChI=1S/C7H13O3/c1-5(2)10-6(8)7(3,4)9/h5H,1-4H3. The van der Waals surface area contributed by atoms with Crippen molar-refractivity contribution in [3.8, 4) is 0 Å². The lowest BCUT2D eigenvalue weighted by Crippen LogP contribution is -2.33. The molecule has 0 rings (SSSR count). The summed E-state index contributed by atoms with van der Waals surface area (Å²) in [6, 6.07) is 0. The second kappa shape index (κ2) is 3.01. The summed E-state index contributed by atoms with van der Waals surface area (Å²) >= 11 is 0. The Labute approximate surface area is 61.0 Å². The smallest absolute Gasteiger partial charge is 0.341 e. The summed E-state index contributed by atoms with van der Waals surface area (Å²) < 4.78 is 4.66. The average Bonchev–Trinajstić information content (AvgIpc) is 1.60. The molecule has 0 atom stereocenters. The van der Waals surface area contributed by atoms with E-state index in [1.165, 1.54) is 13.8 Å². The normalized spacial score (nSPS) is 11.8. The minimum absolute atomic E-state index is 0.208. The number of esters is 1. The Morgan fingerprint density at radius 1 is 1.40 bits per heavy atom. The first kappa shape index (κ1) is 9.43. The predicted octanol–water partition coefficient (Wildman–Crippen LogP) is 1.15. The highest BCUT2D eigenvalue weighted by Gasteiger charge is 2.28. The van der Waals surface area contributed by atoms with Crippen molar-refractivity contribution in [2.24, 2.45) is 0 Å². The lowest BCUT2D eigenvalue weighted by Gasteiger charge is -2.15. The highest BCUT2D eigenvalue weighted by molar-refractivity contribution is 5.78. The van der Waals surface area contributed by atoms with Crippen molar-refractivity contribution in [1.29, 1.82) is 0 Å². The third-order valence-electron chi connectivity index (χ3n) is 0.834. The van der Waals surface area contributed by atoms with Gasteiger partial charge in [0, 0.05) is 0 Å². The molecule has 0 aliphatic carbocycles. The Balaban J connectivity index is 3.87. The van der Waals surface area contributed by atoms with Gasteiger partial charge in [0.15, 0.2) is 5.60 Å². The SMILES string of the molecule is CC(C)OC(=O)C(C)(C)[O]. The Bertz CT molecular complexity index is 121. The number of carbonyl (C=O) groups excluding carboxylic acids is 1. The van der Waals surface area contributed by atoms with E-state index in [2.05, 4.69) is 4.74 Å². The maximum atomic E-state index is 10.9. The Morgan fingerprint density at radius 3 is 1.90 bits per heavy atom. The van der Waals surface area contributed by atoms with Crippen molar-refractivity contribution in [2.45, 2.75) is 39.4 Å². The van der Waals surface area contributed by atoms with Gasteiger partial charge in [-0.15, -0.1) is 0 Å². The Morgan fingerprint density at radius 2 is 1.80 bits per heavy atom. The fourth-order valence-electron chi connectivity index (χ4n) is 0.356. The third-order valence-corrected chi connectivity index (χ3v) is 0.834. The monoisotopic (exact) mass is 145 g/mol. The van der Waals surface area contributed by atoms with Gasteiger partial charge in [-0.2, -0.15) is 0 Å².